The molecule has 33 heavy (non-hydrogen) atoms. The molecule has 2 aliphatic rings. The van der Waals surface area contributed by atoms with Crippen LogP contribution in [0.4, 0.5) is 5.82 Å². The number of anilines is 1. The number of nitrogens with zero attached hydrogens (tertiary/aromatic N) is 5. The van der Waals surface area contributed by atoms with Crippen LogP contribution in [-0.4, -0.2) is 65.0 Å². The third kappa shape index (κ3) is 6.34. The van der Waals surface area contributed by atoms with E-state index in [4.69, 9.17) is 21.6 Å². The number of amides is 1. The van der Waals surface area contributed by atoms with Gasteiger partial charge in [0.15, 0.2) is 6.19 Å². The predicted molar refractivity (Wildman–Crippen MR) is 126 cm³/mol. The number of pyridine rings is 2. The number of ether oxygens (including phenoxy) is 1. The van der Waals surface area contributed by atoms with Crippen molar-refractivity contribution in [3.05, 3.63) is 46.9 Å². The number of carbonyl (C=O) groups is 1. The summed E-state index contributed by atoms with van der Waals surface area (Å²) in [5.74, 6) is 1.14. The van der Waals surface area contributed by atoms with Gasteiger partial charge in [-0.15, -0.1) is 0 Å². The second-order valence-electron chi connectivity index (χ2n) is 8.82. The van der Waals surface area contributed by atoms with Gasteiger partial charge in [0.25, 0.3) is 0 Å². The van der Waals surface area contributed by atoms with E-state index in [2.05, 4.69) is 33.4 Å². The first-order valence-electron chi connectivity index (χ1n) is 11.4. The summed E-state index contributed by atoms with van der Waals surface area (Å²) in [6.45, 7) is 3.46. The van der Waals surface area contributed by atoms with E-state index in [0.29, 0.717) is 22.5 Å². The van der Waals surface area contributed by atoms with E-state index < -0.39 is 0 Å². The number of carbonyl (C=O) groups excluding carboxylic acids is 1. The van der Waals surface area contributed by atoms with Gasteiger partial charge in [-0.3, -0.25) is 9.78 Å². The first-order chi connectivity index (χ1) is 16.0. The standard InChI is InChI=1S/C24H29ClN6O2/c1-30-8-2-3-19(15-30)33-22-12-23(28-14-20(22)25)29-24(32)11-17-4-5-21(27-13-17)18-6-9-31(16-26)10-7-18/h4-5,12-14,18-19H,2-3,6-11,15H2,1H3,(H,28,29,32). The molecule has 8 nitrogen and oxygen atoms in total. The molecular weight excluding hydrogens is 440 g/mol. The van der Waals surface area contributed by atoms with Gasteiger partial charge < -0.3 is 19.9 Å². The van der Waals surface area contributed by atoms with Crippen LogP contribution in [0, 0.1) is 11.5 Å². The molecule has 2 saturated heterocycles. The Morgan fingerprint density at radius 1 is 1.24 bits per heavy atom. The lowest BCUT2D eigenvalue weighted by molar-refractivity contribution is -0.115. The Morgan fingerprint density at radius 2 is 2.06 bits per heavy atom. The zero-order valence-corrected chi connectivity index (χ0v) is 19.6. The normalized spacial score (nSPS) is 19.7. The Kier molecular flexibility index (Phi) is 7.63. The largest absolute Gasteiger partial charge is 0.487 e. The molecule has 4 heterocycles. The number of nitriles is 1. The molecule has 0 spiro atoms. The Morgan fingerprint density at radius 3 is 2.76 bits per heavy atom. The average molecular weight is 469 g/mol. The molecule has 0 bridgehead atoms. The van der Waals surface area contributed by atoms with Crippen molar-refractivity contribution in [1.82, 2.24) is 19.8 Å². The summed E-state index contributed by atoms with van der Waals surface area (Å²) in [4.78, 5) is 25.4. The van der Waals surface area contributed by atoms with E-state index >= 15 is 0 Å². The molecule has 0 saturated carbocycles. The quantitative estimate of drug-likeness (QED) is 0.649. The summed E-state index contributed by atoms with van der Waals surface area (Å²) >= 11 is 6.27. The number of halogens is 1. The van der Waals surface area contributed by atoms with Crippen LogP contribution in [-0.2, 0) is 11.2 Å². The Labute approximate surface area is 199 Å². The molecule has 9 heteroatoms. The number of likely N-dealkylation sites (N-methyl/N-ethyl adjacent to an activating group) is 1. The maximum Gasteiger partial charge on any atom is 0.230 e. The lowest BCUT2D eigenvalue weighted by Gasteiger charge is -2.30. The lowest BCUT2D eigenvalue weighted by Crippen LogP contribution is -2.38. The fraction of sp³-hybridized carbons (Fsp3) is 0.500. The van der Waals surface area contributed by atoms with Crippen LogP contribution in [0.25, 0.3) is 0 Å². The van der Waals surface area contributed by atoms with Gasteiger partial charge >= 0.3 is 0 Å². The first-order valence-corrected chi connectivity index (χ1v) is 11.8. The average Bonchev–Trinajstić information content (AvgIpc) is 2.82. The van der Waals surface area contributed by atoms with Crippen molar-refractivity contribution in [3.63, 3.8) is 0 Å². The Balaban J connectivity index is 1.32. The SMILES string of the molecule is CN1CCCC(Oc2cc(NC(=O)Cc3ccc(C4CCN(C#N)CC4)nc3)ncc2Cl)C1. The molecule has 1 N–H and O–H groups in total. The van der Waals surface area contributed by atoms with Gasteiger partial charge in [-0.25, -0.2) is 4.98 Å². The third-order valence-corrected chi connectivity index (χ3v) is 6.51. The van der Waals surface area contributed by atoms with Crippen molar-refractivity contribution in [2.45, 2.75) is 44.1 Å². The highest BCUT2D eigenvalue weighted by Crippen LogP contribution is 2.29. The van der Waals surface area contributed by atoms with Crippen molar-refractivity contribution >= 4 is 23.3 Å². The topological polar surface area (TPSA) is 94.4 Å². The van der Waals surface area contributed by atoms with Crippen molar-refractivity contribution in [2.75, 3.05) is 38.5 Å². The Hall–Kier alpha value is -2.89. The van der Waals surface area contributed by atoms with Crippen molar-refractivity contribution in [2.24, 2.45) is 0 Å². The van der Waals surface area contributed by atoms with Crippen LogP contribution in [0.2, 0.25) is 5.02 Å². The summed E-state index contributed by atoms with van der Waals surface area (Å²) < 4.78 is 6.09. The predicted octanol–water partition coefficient (Wildman–Crippen LogP) is 3.44. The van der Waals surface area contributed by atoms with Crippen molar-refractivity contribution in [1.29, 1.82) is 5.26 Å². The lowest BCUT2D eigenvalue weighted by atomic mass is 9.93. The number of rotatable bonds is 6. The highest BCUT2D eigenvalue weighted by atomic mass is 35.5. The van der Waals surface area contributed by atoms with Crippen LogP contribution in [0.3, 0.4) is 0 Å². The van der Waals surface area contributed by atoms with Gasteiger partial charge in [0, 0.05) is 43.5 Å². The fourth-order valence-electron chi connectivity index (χ4n) is 4.40. The fourth-order valence-corrected chi connectivity index (χ4v) is 4.55. The molecule has 0 radical (unpaired) electrons. The third-order valence-electron chi connectivity index (χ3n) is 6.23. The van der Waals surface area contributed by atoms with E-state index in [1.807, 2.05) is 12.1 Å². The number of hydrogen-bond acceptors (Lipinski definition) is 7. The number of likely N-dealkylation sites (tertiary alicyclic amines) is 2. The molecular formula is C24H29ClN6O2. The van der Waals surface area contributed by atoms with Crippen LogP contribution in [0.1, 0.15) is 42.9 Å². The smallest absolute Gasteiger partial charge is 0.230 e. The Bertz CT molecular complexity index is 1000. The van der Waals surface area contributed by atoms with Gasteiger partial charge in [0.2, 0.25) is 5.91 Å². The highest BCUT2D eigenvalue weighted by Gasteiger charge is 2.22. The van der Waals surface area contributed by atoms with Crippen molar-refractivity contribution in [3.8, 4) is 11.9 Å². The molecule has 174 valence electrons. The molecule has 4 rings (SSSR count). The van der Waals surface area contributed by atoms with Crippen LogP contribution >= 0.6 is 11.6 Å². The number of piperidine rings is 2. The van der Waals surface area contributed by atoms with Gasteiger partial charge in [-0.05, 0) is 50.9 Å². The molecule has 2 fully saturated rings. The summed E-state index contributed by atoms with van der Waals surface area (Å²) in [5, 5.41) is 12.3. The van der Waals surface area contributed by atoms with E-state index in [1.54, 1.807) is 17.2 Å². The zero-order valence-electron chi connectivity index (χ0n) is 18.8. The first kappa shape index (κ1) is 23.3. The van der Waals surface area contributed by atoms with Crippen LogP contribution < -0.4 is 10.1 Å². The van der Waals surface area contributed by atoms with E-state index in [-0.39, 0.29) is 18.4 Å². The molecule has 2 aromatic rings. The van der Waals surface area contributed by atoms with Crippen LogP contribution in [0.15, 0.2) is 30.6 Å². The molecule has 1 amide bonds. The highest BCUT2D eigenvalue weighted by molar-refractivity contribution is 6.32. The maximum atomic E-state index is 12.6. The van der Waals surface area contributed by atoms with E-state index in [0.717, 1.165) is 63.1 Å². The minimum absolute atomic E-state index is 0.0731. The molecule has 0 aromatic carbocycles. The summed E-state index contributed by atoms with van der Waals surface area (Å²) in [5.41, 5.74) is 1.85. The molecule has 0 aliphatic carbocycles. The van der Waals surface area contributed by atoms with E-state index in [9.17, 15) is 4.79 Å². The van der Waals surface area contributed by atoms with Gasteiger partial charge in [-0.2, -0.15) is 5.26 Å². The van der Waals surface area contributed by atoms with Gasteiger partial charge in [0.1, 0.15) is 22.7 Å². The maximum absolute atomic E-state index is 12.6. The number of hydrogen-bond donors (Lipinski definition) is 1. The molecule has 1 atom stereocenters. The second-order valence-corrected chi connectivity index (χ2v) is 9.23. The zero-order chi connectivity index (χ0) is 23.2. The monoisotopic (exact) mass is 468 g/mol. The molecule has 1 unspecified atom stereocenters. The van der Waals surface area contributed by atoms with Gasteiger partial charge in [0.05, 0.1) is 12.6 Å². The summed E-state index contributed by atoms with van der Waals surface area (Å²) in [7, 11) is 2.08. The van der Waals surface area contributed by atoms with Crippen molar-refractivity contribution < 1.29 is 9.53 Å². The van der Waals surface area contributed by atoms with E-state index in [1.165, 1.54) is 6.20 Å². The molecule has 2 aromatic heterocycles. The minimum Gasteiger partial charge on any atom is -0.487 e. The summed E-state index contributed by atoms with van der Waals surface area (Å²) in [6.07, 6.45) is 9.64. The second kappa shape index (κ2) is 10.8. The number of nitrogens with one attached hydrogen (secondary N) is 1. The van der Waals surface area contributed by atoms with Gasteiger partial charge in [-0.1, -0.05) is 17.7 Å². The number of aromatic nitrogens is 2. The molecule has 2 aliphatic heterocycles. The minimum atomic E-state index is -0.176. The summed E-state index contributed by atoms with van der Waals surface area (Å²) in [6, 6.07) is 5.62. The van der Waals surface area contributed by atoms with Crippen LogP contribution in [0.5, 0.6) is 5.75 Å².